The van der Waals surface area contributed by atoms with Crippen LogP contribution in [0.2, 0.25) is 10.0 Å². The molecule has 2 N–H and O–H groups in total. The molecule has 0 unspecified atom stereocenters. The van der Waals surface area contributed by atoms with Gasteiger partial charge in [0.15, 0.2) is 5.78 Å². The van der Waals surface area contributed by atoms with E-state index in [1.165, 1.54) is 24.8 Å². The van der Waals surface area contributed by atoms with Crippen molar-refractivity contribution in [2.45, 2.75) is 11.8 Å². The highest BCUT2D eigenvalue weighted by Crippen LogP contribution is 2.24. The first kappa shape index (κ1) is 22.9. The van der Waals surface area contributed by atoms with Crippen molar-refractivity contribution in [1.29, 1.82) is 0 Å². The topological polar surface area (TPSA) is 75.3 Å². The van der Waals surface area contributed by atoms with E-state index in [1.807, 2.05) is 12.1 Å². The summed E-state index contributed by atoms with van der Waals surface area (Å²) in [4.78, 5) is 36.7. The molecule has 8 heteroatoms. The van der Waals surface area contributed by atoms with Crippen LogP contribution in [-0.2, 0) is 4.79 Å². The van der Waals surface area contributed by atoms with Gasteiger partial charge in [0.2, 0.25) is 5.91 Å². The Morgan fingerprint density at radius 1 is 0.839 bits per heavy atom. The first-order valence-corrected chi connectivity index (χ1v) is 11.0. The molecule has 0 aliphatic heterocycles. The van der Waals surface area contributed by atoms with Gasteiger partial charge in [0.1, 0.15) is 0 Å². The van der Waals surface area contributed by atoms with E-state index in [9.17, 15) is 14.4 Å². The summed E-state index contributed by atoms with van der Waals surface area (Å²) < 4.78 is 0. The van der Waals surface area contributed by atoms with E-state index in [4.69, 9.17) is 23.2 Å². The Morgan fingerprint density at radius 2 is 1.45 bits per heavy atom. The third-order valence-corrected chi connectivity index (χ3v) is 5.79. The molecule has 0 bridgehead atoms. The predicted molar refractivity (Wildman–Crippen MR) is 127 cm³/mol. The number of amides is 2. The number of carbonyl (C=O) groups is 3. The summed E-state index contributed by atoms with van der Waals surface area (Å²) in [6, 6.07) is 18.6. The second-order valence-electron chi connectivity index (χ2n) is 6.57. The Balaban J connectivity index is 1.51. The summed E-state index contributed by atoms with van der Waals surface area (Å²) >= 11 is 13.3. The number of anilines is 2. The van der Waals surface area contributed by atoms with E-state index in [1.54, 1.807) is 48.5 Å². The summed E-state index contributed by atoms with van der Waals surface area (Å²) in [7, 11) is 0. The molecule has 0 heterocycles. The van der Waals surface area contributed by atoms with Gasteiger partial charge in [-0.1, -0.05) is 23.2 Å². The highest BCUT2D eigenvalue weighted by Gasteiger charge is 2.11. The first-order chi connectivity index (χ1) is 14.8. The average Bonchev–Trinajstić information content (AvgIpc) is 2.73. The molecule has 0 radical (unpaired) electrons. The lowest BCUT2D eigenvalue weighted by atomic mass is 10.1. The van der Waals surface area contributed by atoms with E-state index in [-0.39, 0.29) is 28.4 Å². The van der Waals surface area contributed by atoms with E-state index < -0.39 is 0 Å². The fourth-order valence-corrected chi connectivity index (χ4v) is 3.83. The van der Waals surface area contributed by atoms with Crippen molar-refractivity contribution in [2.24, 2.45) is 0 Å². The molecule has 3 rings (SSSR count). The van der Waals surface area contributed by atoms with Crippen LogP contribution >= 0.6 is 35.0 Å². The number of benzene rings is 3. The van der Waals surface area contributed by atoms with Crippen LogP contribution in [0.4, 0.5) is 11.4 Å². The molecule has 3 aromatic carbocycles. The Labute approximate surface area is 194 Å². The zero-order valence-electron chi connectivity index (χ0n) is 16.4. The zero-order valence-corrected chi connectivity index (χ0v) is 18.8. The molecule has 0 aliphatic rings. The van der Waals surface area contributed by atoms with Crippen LogP contribution in [0.25, 0.3) is 0 Å². The maximum Gasteiger partial charge on any atom is 0.257 e. The zero-order chi connectivity index (χ0) is 22.4. The van der Waals surface area contributed by atoms with E-state index in [0.717, 1.165) is 4.90 Å². The van der Waals surface area contributed by atoms with Gasteiger partial charge in [-0.2, -0.15) is 0 Å². The third kappa shape index (κ3) is 6.59. The van der Waals surface area contributed by atoms with Gasteiger partial charge in [0.25, 0.3) is 5.91 Å². The van der Waals surface area contributed by atoms with Crippen molar-refractivity contribution in [2.75, 3.05) is 16.4 Å². The summed E-state index contributed by atoms with van der Waals surface area (Å²) in [6.45, 7) is 1.49. The number of carbonyl (C=O) groups excluding carboxylic acids is 3. The highest BCUT2D eigenvalue weighted by molar-refractivity contribution is 8.00. The predicted octanol–water partition coefficient (Wildman–Crippen LogP) is 6.18. The molecule has 158 valence electrons. The monoisotopic (exact) mass is 472 g/mol. The van der Waals surface area contributed by atoms with Gasteiger partial charge in [0, 0.05) is 26.9 Å². The maximum absolute atomic E-state index is 12.4. The molecule has 0 atom stereocenters. The molecule has 0 spiro atoms. The SMILES string of the molecule is CC(=O)c1ccc(NC(=O)CSc2ccc(NC(=O)c3ccc(Cl)cc3Cl)cc2)cc1. The smallest absolute Gasteiger partial charge is 0.257 e. The first-order valence-electron chi connectivity index (χ1n) is 9.22. The number of nitrogens with one attached hydrogen (secondary N) is 2. The lowest BCUT2D eigenvalue weighted by Crippen LogP contribution is -2.14. The molecule has 2 amide bonds. The number of hydrogen-bond donors (Lipinski definition) is 2. The molecule has 31 heavy (non-hydrogen) atoms. The molecule has 0 aliphatic carbocycles. The van der Waals surface area contributed by atoms with Crippen LogP contribution in [0.1, 0.15) is 27.6 Å². The summed E-state index contributed by atoms with van der Waals surface area (Å²) in [5.41, 5.74) is 2.17. The molecule has 0 fully saturated rings. The largest absolute Gasteiger partial charge is 0.325 e. The Kier molecular flexibility index (Phi) is 7.74. The molecular formula is C23H18Cl2N2O3S. The number of Topliss-reactive ketones (excluding diaryl/α,β-unsaturated/α-hetero) is 1. The number of rotatable bonds is 7. The molecule has 3 aromatic rings. The molecule has 0 saturated carbocycles. The van der Waals surface area contributed by atoms with E-state index >= 15 is 0 Å². The van der Waals surface area contributed by atoms with Crippen LogP contribution in [0, 0.1) is 0 Å². The van der Waals surface area contributed by atoms with Crippen LogP contribution in [0.5, 0.6) is 0 Å². The second-order valence-corrected chi connectivity index (χ2v) is 8.47. The third-order valence-electron chi connectivity index (χ3n) is 4.23. The number of ketones is 1. The van der Waals surface area contributed by atoms with Crippen molar-refractivity contribution in [3.63, 3.8) is 0 Å². The molecule has 0 aromatic heterocycles. The van der Waals surface area contributed by atoms with E-state index in [2.05, 4.69) is 10.6 Å². The fraction of sp³-hybridized carbons (Fsp3) is 0.0870. The van der Waals surface area contributed by atoms with Crippen molar-refractivity contribution >= 4 is 63.9 Å². The number of thioether (sulfide) groups is 1. The standard InChI is InChI=1S/C23H18Cl2N2O3S/c1-14(28)15-2-5-17(6-3-15)26-22(29)13-31-19-9-7-18(8-10-19)27-23(30)20-11-4-16(24)12-21(20)25/h2-12H,13H2,1H3,(H,26,29)(H,27,30). The van der Waals surface area contributed by atoms with Crippen LogP contribution in [0.15, 0.2) is 71.6 Å². The molecule has 0 saturated heterocycles. The van der Waals surface area contributed by atoms with Crippen molar-refractivity contribution in [3.8, 4) is 0 Å². The van der Waals surface area contributed by atoms with Crippen LogP contribution in [-0.4, -0.2) is 23.4 Å². The Bertz CT molecular complexity index is 1120. The number of halogens is 2. The van der Waals surface area contributed by atoms with Gasteiger partial charge >= 0.3 is 0 Å². The minimum absolute atomic E-state index is 0.0238. The van der Waals surface area contributed by atoms with Gasteiger partial charge in [-0.05, 0) is 73.7 Å². The van der Waals surface area contributed by atoms with Crippen molar-refractivity contribution in [3.05, 3.63) is 87.9 Å². The Morgan fingerprint density at radius 3 is 2.06 bits per heavy atom. The maximum atomic E-state index is 12.4. The normalized spacial score (nSPS) is 10.4. The quantitative estimate of drug-likeness (QED) is 0.318. The van der Waals surface area contributed by atoms with Crippen LogP contribution in [0.3, 0.4) is 0 Å². The van der Waals surface area contributed by atoms with Crippen molar-refractivity contribution in [1.82, 2.24) is 0 Å². The molecular weight excluding hydrogens is 455 g/mol. The van der Waals surface area contributed by atoms with Crippen LogP contribution < -0.4 is 10.6 Å². The minimum atomic E-state index is -0.336. The van der Waals surface area contributed by atoms with Gasteiger partial charge in [0.05, 0.1) is 16.3 Å². The lowest BCUT2D eigenvalue weighted by molar-refractivity contribution is -0.113. The molecule has 5 nitrogen and oxygen atoms in total. The highest BCUT2D eigenvalue weighted by atomic mass is 35.5. The average molecular weight is 473 g/mol. The summed E-state index contributed by atoms with van der Waals surface area (Å²) in [5, 5.41) is 6.31. The summed E-state index contributed by atoms with van der Waals surface area (Å²) in [5.74, 6) is -0.294. The van der Waals surface area contributed by atoms with Gasteiger partial charge in [-0.25, -0.2) is 0 Å². The fourth-order valence-electron chi connectivity index (χ4n) is 2.64. The number of hydrogen-bond acceptors (Lipinski definition) is 4. The van der Waals surface area contributed by atoms with Crippen molar-refractivity contribution < 1.29 is 14.4 Å². The van der Waals surface area contributed by atoms with Gasteiger partial charge in [-0.3, -0.25) is 14.4 Å². The minimum Gasteiger partial charge on any atom is -0.325 e. The summed E-state index contributed by atoms with van der Waals surface area (Å²) in [6.07, 6.45) is 0. The van der Waals surface area contributed by atoms with E-state index in [0.29, 0.717) is 27.5 Å². The second kappa shape index (κ2) is 10.5. The Hall–Kier alpha value is -2.80. The lowest BCUT2D eigenvalue weighted by Gasteiger charge is -2.08. The van der Waals surface area contributed by atoms with Gasteiger partial charge in [-0.15, -0.1) is 11.8 Å². The van der Waals surface area contributed by atoms with Gasteiger partial charge < -0.3 is 10.6 Å².